The van der Waals surface area contributed by atoms with Crippen molar-refractivity contribution in [3.63, 3.8) is 0 Å². The highest BCUT2D eigenvalue weighted by Crippen LogP contribution is 2.41. The number of hydrogen-bond acceptors (Lipinski definition) is 4. The minimum Gasteiger partial charge on any atom is -0.426 e. The first-order valence-corrected chi connectivity index (χ1v) is 14.5. The molecule has 0 bridgehead atoms. The Hall–Kier alpha value is -4.13. The molecule has 0 aliphatic carbocycles. The average Bonchev–Trinajstić information content (AvgIpc) is 3.31. The molecule has 6 nitrogen and oxygen atoms in total. The number of ether oxygens (including phenoxy) is 1. The van der Waals surface area contributed by atoms with Crippen LogP contribution in [0.3, 0.4) is 0 Å². The number of anilines is 1. The van der Waals surface area contributed by atoms with Gasteiger partial charge in [-0.3, -0.25) is 14.1 Å². The average molecular weight is 565 g/mol. The standard InChI is InChI=1S/C35H42BN3O3/c1-20-16-29(42-31(41)18-27-12-14-28(15-13-27)38(10)11)17-21(2)32(20)33(34-23(4)22(3)25(6)37-34)35-24(5)30(19-40)26(7)39(35)36(8)9/h12-17,19H,18H2,1-11H3/p+1. The van der Waals surface area contributed by atoms with Crippen LogP contribution in [0.1, 0.15) is 58.6 Å². The highest BCUT2D eigenvalue weighted by atomic mass is 16.5. The first-order valence-electron chi connectivity index (χ1n) is 14.5. The number of aryl methyl sites for hydroxylation is 3. The summed E-state index contributed by atoms with van der Waals surface area (Å²) in [5.41, 5.74) is 14.3. The minimum atomic E-state index is -0.300. The van der Waals surface area contributed by atoms with E-state index in [9.17, 15) is 9.59 Å². The molecule has 218 valence electrons. The second-order valence-corrected chi connectivity index (χ2v) is 11.9. The van der Waals surface area contributed by atoms with Crippen LogP contribution in [0.5, 0.6) is 5.75 Å². The van der Waals surface area contributed by atoms with Crippen LogP contribution in [0.15, 0.2) is 53.2 Å². The molecule has 0 atom stereocenters. The number of esters is 1. The number of aromatic amines is 1. The Kier molecular flexibility index (Phi) is 8.81. The lowest BCUT2D eigenvalue weighted by Crippen LogP contribution is -2.27. The van der Waals surface area contributed by atoms with E-state index in [0.717, 1.165) is 73.7 Å². The monoisotopic (exact) mass is 564 g/mol. The molecule has 0 amide bonds. The first-order chi connectivity index (χ1) is 19.8. The van der Waals surface area contributed by atoms with Gasteiger partial charge in [0.15, 0.2) is 17.7 Å². The molecule has 1 aliphatic rings. The van der Waals surface area contributed by atoms with Crippen LogP contribution in [0.2, 0.25) is 13.6 Å². The van der Waals surface area contributed by atoms with E-state index in [1.807, 2.05) is 69.2 Å². The van der Waals surface area contributed by atoms with E-state index in [2.05, 4.69) is 57.7 Å². The van der Waals surface area contributed by atoms with Crippen molar-refractivity contribution >= 4 is 36.1 Å². The van der Waals surface area contributed by atoms with Crippen molar-refractivity contribution in [3.8, 4) is 5.75 Å². The number of carbonyl (C=O) groups excluding carboxylic acids is 2. The quantitative estimate of drug-likeness (QED) is 0.142. The van der Waals surface area contributed by atoms with Gasteiger partial charge in [0.25, 0.3) is 0 Å². The van der Waals surface area contributed by atoms with E-state index in [1.165, 1.54) is 11.1 Å². The third-order valence-corrected chi connectivity index (χ3v) is 8.47. The van der Waals surface area contributed by atoms with Gasteiger partial charge in [0, 0.05) is 38.0 Å². The number of aldehydes is 1. The zero-order valence-electron chi connectivity index (χ0n) is 26.9. The molecule has 2 aromatic carbocycles. The van der Waals surface area contributed by atoms with Crippen molar-refractivity contribution in [2.24, 2.45) is 0 Å². The Morgan fingerprint density at radius 1 is 0.952 bits per heavy atom. The highest BCUT2D eigenvalue weighted by Gasteiger charge is 2.39. The molecule has 42 heavy (non-hydrogen) atoms. The van der Waals surface area contributed by atoms with Crippen molar-refractivity contribution in [2.45, 2.75) is 68.5 Å². The van der Waals surface area contributed by atoms with Crippen LogP contribution in [0.4, 0.5) is 5.69 Å². The minimum absolute atomic E-state index is 0.146. The molecule has 0 spiro atoms. The molecule has 1 aromatic heterocycles. The summed E-state index contributed by atoms with van der Waals surface area (Å²) in [6, 6.07) is 11.8. The number of H-pyrrole nitrogens is 1. The Morgan fingerprint density at radius 3 is 2.02 bits per heavy atom. The fraction of sp³-hybridized carbons (Fsp3) is 0.343. The summed E-state index contributed by atoms with van der Waals surface area (Å²) in [7, 11) is 3.98. The third kappa shape index (κ3) is 5.65. The summed E-state index contributed by atoms with van der Waals surface area (Å²) in [6.07, 6.45) is 1.17. The third-order valence-electron chi connectivity index (χ3n) is 8.47. The van der Waals surface area contributed by atoms with E-state index in [0.29, 0.717) is 5.75 Å². The van der Waals surface area contributed by atoms with Crippen molar-refractivity contribution in [1.82, 2.24) is 4.98 Å². The lowest BCUT2D eigenvalue weighted by Gasteiger charge is -2.19. The van der Waals surface area contributed by atoms with Gasteiger partial charge in [-0.15, -0.1) is 0 Å². The van der Waals surface area contributed by atoms with Gasteiger partial charge in [-0.2, -0.15) is 0 Å². The second kappa shape index (κ2) is 12.0. The summed E-state index contributed by atoms with van der Waals surface area (Å²) in [4.78, 5) is 30.9. The SMILES string of the molecule is CB(C)[N+]1=C(C)C(C=O)=C(C)/C1=C(/c1[nH]c(C)c(C)c1C)c1c(C)cc(OC(=O)Cc2ccc(N(C)C)cc2)cc1C. The van der Waals surface area contributed by atoms with Gasteiger partial charge in [0.1, 0.15) is 5.75 Å². The van der Waals surface area contributed by atoms with Crippen LogP contribution in [0.25, 0.3) is 5.57 Å². The van der Waals surface area contributed by atoms with Gasteiger partial charge in [0.05, 0.1) is 23.3 Å². The maximum absolute atomic E-state index is 12.9. The normalized spacial score (nSPS) is 14.5. The number of benzene rings is 2. The summed E-state index contributed by atoms with van der Waals surface area (Å²) in [5, 5.41) is 0. The van der Waals surface area contributed by atoms with Gasteiger partial charge in [-0.25, -0.2) is 0 Å². The van der Waals surface area contributed by atoms with E-state index >= 15 is 0 Å². The zero-order chi connectivity index (χ0) is 31.0. The number of aromatic nitrogens is 1. The molecule has 0 unspecified atom stereocenters. The maximum Gasteiger partial charge on any atom is 0.483 e. The largest absolute Gasteiger partial charge is 0.483 e. The van der Waals surface area contributed by atoms with Crippen LogP contribution in [-0.2, 0) is 16.0 Å². The molecule has 1 N–H and O–H groups in total. The molecular weight excluding hydrogens is 521 g/mol. The Morgan fingerprint density at radius 2 is 1.55 bits per heavy atom. The smallest absolute Gasteiger partial charge is 0.426 e. The van der Waals surface area contributed by atoms with E-state index in [1.54, 1.807) is 0 Å². The van der Waals surface area contributed by atoms with Gasteiger partial charge in [0.2, 0.25) is 0 Å². The number of nitrogens with one attached hydrogen (secondary N) is 1. The second-order valence-electron chi connectivity index (χ2n) is 11.9. The summed E-state index contributed by atoms with van der Waals surface area (Å²) >= 11 is 0. The molecule has 4 rings (SSSR count). The van der Waals surface area contributed by atoms with E-state index in [4.69, 9.17) is 4.74 Å². The lowest BCUT2D eigenvalue weighted by atomic mass is 9.66. The van der Waals surface area contributed by atoms with Gasteiger partial charge in [-0.1, -0.05) is 12.1 Å². The van der Waals surface area contributed by atoms with Gasteiger partial charge < -0.3 is 14.6 Å². The van der Waals surface area contributed by atoms with E-state index < -0.39 is 0 Å². The van der Waals surface area contributed by atoms with Gasteiger partial charge >= 0.3 is 12.8 Å². The topological polar surface area (TPSA) is 65.4 Å². The molecule has 3 aromatic rings. The van der Waals surface area contributed by atoms with Crippen molar-refractivity contribution < 1.29 is 18.8 Å². The van der Waals surface area contributed by atoms with Crippen LogP contribution in [-0.4, -0.2) is 48.4 Å². The van der Waals surface area contributed by atoms with E-state index in [-0.39, 0.29) is 19.2 Å². The van der Waals surface area contributed by atoms with Gasteiger partial charge in [-0.05, 0) is 113 Å². The summed E-state index contributed by atoms with van der Waals surface area (Å²) < 4.78 is 8.13. The molecule has 0 saturated carbocycles. The molecule has 0 saturated heterocycles. The molecule has 7 heteroatoms. The maximum atomic E-state index is 12.9. The van der Waals surface area contributed by atoms with Crippen LogP contribution < -0.4 is 9.64 Å². The number of carbonyl (C=O) groups is 2. The van der Waals surface area contributed by atoms with Crippen molar-refractivity contribution in [2.75, 3.05) is 19.0 Å². The predicted molar refractivity (Wildman–Crippen MR) is 174 cm³/mol. The molecular formula is C35H43BN3O3+. The molecule has 2 heterocycles. The van der Waals surface area contributed by atoms with Crippen molar-refractivity contribution in [3.05, 3.63) is 98.0 Å². The molecule has 0 fully saturated rings. The summed E-state index contributed by atoms with van der Waals surface area (Å²) in [5.74, 6) is 0.227. The number of hydrogen-bond donors (Lipinski definition) is 1. The molecule has 1 aliphatic heterocycles. The number of nitrogens with zero attached hydrogens (tertiary/aromatic N) is 2. The lowest BCUT2D eigenvalue weighted by molar-refractivity contribution is -0.319. The highest BCUT2D eigenvalue weighted by molar-refractivity contribution is 6.49. The Labute approximate surface area is 250 Å². The number of rotatable bonds is 8. The first kappa shape index (κ1) is 30.8. The predicted octanol–water partition coefficient (Wildman–Crippen LogP) is 6.78. The fourth-order valence-corrected chi connectivity index (χ4v) is 6.08. The summed E-state index contributed by atoms with van der Waals surface area (Å²) in [6.45, 7) is 19.0. The van der Waals surface area contributed by atoms with Crippen molar-refractivity contribution in [1.29, 1.82) is 0 Å². The Balaban J connectivity index is 1.83. The van der Waals surface area contributed by atoms with Crippen LogP contribution in [0, 0.1) is 34.6 Å². The number of allylic oxidation sites excluding steroid dienone is 2. The fourth-order valence-electron chi connectivity index (χ4n) is 6.08. The Bertz CT molecular complexity index is 1640. The zero-order valence-corrected chi connectivity index (χ0v) is 26.9. The van der Waals surface area contributed by atoms with Crippen LogP contribution >= 0.6 is 0 Å². The molecule has 0 radical (unpaired) electrons.